The molecule has 34 heavy (non-hydrogen) atoms. The molecule has 2 amide bonds. The van der Waals surface area contributed by atoms with Crippen molar-refractivity contribution in [3.8, 4) is 0 Å². The molecule has 1 N–H and O–H groups in total. The van der Waals surface area contributed by atoms with E-state index < -0.39 is 16.1 Å². The molecule has 2 aromatic carbocycles. The number of nitrogens with one attached hydrogen (secondary N) is 1. The minimum absolute atomic E-state index is 0.0753. The van der Waals surface area contributed by atoms with Gasteiger partial charge in [0.1, 0.15) is 6.04 Å². The van der Waals surface area contributed by atoms with E-state index in [1.54, 1.807) is 43.3 Å². The Hall–Kier alpha value is -2.13. The molecule has 10 heteroatoms. The number of nitrogens with zero attached hydrogens (tertiary/aromatic N) is 2. The van der Waals surface area contributed by atoms with Crippen LogP contribution in [0.4, 0.5) is 0 Å². The summed E-state index contributed by atoms with van der Waals surface area (Å²) in [4.78, 5) is 27.5. The van der Waals surface area contributed by atoms with Crippen molar-refractivity contribution >= 4 is 45.0 Å². The van der Waals surface area contributed by atoms with Gasteiger partial charge in [-0.15, -0.1) is 0 Å². The molecule has 1 atom stereocenters. The standard InChI is InChI=1S/C24H31Cl2N3O4S/c1-17(2)27-24(31)18(3)29(16-19-12-13-21(25)22(26)15-19)23(30)11-8-14-28(4)34(32,33)20-9-6-5-7-10-20/h5-7,9-10,12-13,15,17-18H,8,11,14,16H2,1-4H3,(H,27,31). The van der Waals surface area contributed by atoms with E-state index in [1.807, 2.05) is 13.8 Å². The summed E-state index contributed by atoms with van der Waals surface area (Å²) in [6, 6.07) is 12.4. The Labute approximate surface area is 212 Å². The number of sulfonamides is 1. The Kier molecular flexibility index (Phi) is 10.4. The lowest BCUT2D eigenvalue weighted by atomic mass is 10.1. The normalized spacial score (nSPS) is 12.6. The van der Waals surface area contributed by atoms with Gasteiger partial charge in [0, 0.05) is 32.6 Å². The number of halogens is 2. The second-order valence-corrected chi connectivity index (χ2v) is 11.2. The molecule has 0 saturated heterocycles. The molecule has 7 nitrogen and oxygen atoms in total. The molecule has 0 bridgehead atoms. The van der Waals surface area contributed by atoms with Crippen LogP contribution in [0.5, 0.6) is 0 Å². The minimum Gasteiger partial charge on any atom is -0.352 e. The molecule has 2 aromatic rings. The van der Waals surface area contributed by atoms with E-state index in [0.717, 1.165) is 5.56 Å². The van der Waals surface area contributed by atoms with Crippen molar-refractivity contribution in [2.45, 2.75) is 57.1 Å². The van der Waals surface area contributed by atoms with Gasteiger partial charge in [-0.2, -0.15) is 0 Å². The topological polar surface area (TPSA) is 86.8 Å². The van der Waals surface area contributed by atoms with Gasteiger partial charge in [0.25, 0.3) is 0 Å². The molecule has 2 rings (SSSR count). The fourth-order valence-corrected chi connectivity index (χ4v) is 4.86. The quantitative estimate of drug-likeness (QED) is 0.470. The summed E-state index contributed by atoms with van der Waals surface area (Å²) in [5.41, 5.74) is 0.732. The number of rotatable bonds is 11. The predicted molar refractivity (Wildman–Crippen MR) is 135 cm³/mol. The van der Waals surface area contributed by atoms with Gasteiger partial charge in [-0.3, -0.25) is 9.59 Å². The molecule has 0 fully saturated rings. The largest absolute Gasteiger partial charge is 0.352 e. The first-order valence-electron chi connectivity index (χ1n) is 11.0. The van der Waals surface area contributed by atoms with Crippen molar-refractivity contribution in [1.29, 1.82) is 0 Å². The van der Waals surface area contributed by atoms with Crippen LogP contribution >= 0.6 is 23.2 Å². The lowest BCUT2D eigenvalue weighted by Crippen LogP contribution is -2.49. The highest BCUT2D eigenvalue weighted by Gasteiger charge is 2.27. The molecule has 186 valence electrons. The average molecular weight is 529 g/mol. The number of carbonyl (C=O) groups is 2. The van der Waals surface area contributed by atoms with E-state index in [2.05, 4.69) is 5.32 Å². The summed E-state index contributed by atoms with van der Waals surface area (Å²) in [6.45, 7) is 5.69. The van der Waals surface area contributed by atoms with Crippen LogP contribution in [0, 0.1) is 0 Å². The van der Waals surface area contributed by atoms with Gasteiger partial charge in [0.15, 0.2) is 0 Å². The Morgan fingerprint density at radius 3 is 2.24 bits per heavy atom. The van der Waals surface area contributed by atoms with Gasteiger partial charge in [-0.25, -0.2) is 12.7 Å². The predicted octanol–water partition coefficient (Wildman–Crippen LogP) is 4.34. The molecular weight excluding hydrogens is 497 g/mol. The molecule has 1 unspecified atom stereocenters. The maximum atomic E-state index is 13.2. The molecule has 0 saturated carbocycles. The van der Waals surface area contributed by atoms with E-state index in [9.17, 15) is 18.0 Å². The maximum Gasteiger partial charge on any atom is 0.242 e. The Morgan fingerprint density at radius 1 is 1.00 bits per heavy atom. The Balaban J connectivity index is 2.11. The van der Waals surface area contributed by atoms with Gasteiger partial charge in [0.05, 0.1) is 14.9 Å². The van der Waals surface area contributed by atoms with Crippen molar-refractivity contribution in [1.82, 2.24) is 14.5 Å². The van der Waals surface area contributed by atoms with Crippen LogP contribution in [0.15, 0.2) is 53.4 Å². The number of hydrogen-bond acceptors (Lipinski definition) is 4. The summed E-state index contributed by atoms with van der Waals surface area (Å²) in [6.07, 6.45) is 0.382. The number of hydrogen-bond donors (Lipinski definition) is 1. The lowest BCUT2D eigenvalue weighted by Gasteiger charge is -2.30. The van der Waals surface area contributed by atoms with E-state index in [1.165, 1.54) is 28.4 Å². The average Bonchev–Trinajstić information content (AvgIpc) is 2.79. The third-order valence-corrected chi connectivity index (χ3v) is 7.86. The van der Waals surface area contributed by atoms with Crippen LogP contribution in [0.25, 0.3) is 0 Å². The summed E-state index contributed by atoms with van der Waals surface area (Å²) < 4.78 is 26.6. The van der Waals surface area contributed by atoms with Crippen LogP contribution in [0.2, 0.25) is 10.0 Å². The van der Waals surface area contributed by atoms with Crippen molar-refractivity contribution in [3.63, 3.8) is 0 Å². The van der Waals surface area contributed by atoms with E-state index in [0.29, 0.717) is 16.5 Å². The maximum absolute atomic E-state index is 13.2. The first-order chi connectivity index (χ1) is 15.9. The van der Waals surface area contributed by atoms with Crippen LogP contribution in [-0.2, 0) is 26.2 Å². The van der Waals surface area contributed by atoms with E-state index in [4.69, 9.17) is 23.2 Å². The molecule has 0 aromatic heterocycles. The van der Waals surface area contributed by atoms with E-state index in [-0.39, 0.29) is 42.3 Å². The number of benzene rings is 2. The first kappa shape index (κ1) is 28.1. The fraction of sp³-hybridized carbons (Fsp3) is 0.417. The second kappa shape index (κ2) is 12.5. The zero-order valence-corrected chi connectivity index (χ0v) is 22.1. The molecule has 0 heterocycles. The summed E-state index contributed by atoms with van der Waals surface area (Å²) >= 11 is 12.1. The highest BCUT2D eigenvalue weighted by atomic mass is 35.5. The second-order valence-electron chi connectivity index (χ2n) is 8.35. The summed E-state index contributed by atoms with van der Waals surface area (Å²) in [7, 11) is -2.16. The Morgan fingerprint density at radius 2 is 1.65 bits per heavy atom. The van der Waals surface area contributed by atoms with Crippen molar-refractivity contribution in [3.05, 3.63) is 64.1 Å². The number of amides is 2. The third-order valence-electron chi connectivity index (χ3n) is 5.25. The summed E-state index contributed by atoms with van der Waals surface area (Å²) in [5, 5.41) is 3.59. The fourth-order valence-electron chi connectivity index (χ4n) is 3.31. The minimum atomic E-state index is -3.64. The highest BCUT2D eigenvalue weighted by Crippen LogP contribution is 2.24. The monoisotopic (exact) mass is 527 g/mol. The van der Waals surface area contributed by atoms with E-state index >= 15 is 0 Å². The lowest BCUT2D eigenvalue weighted by molar-refractivity contribution is -0.140. The van der Waals surface area contributed by atoms with Crippen LogP contribution in [0.1, 0.15) is 39.2 Å². The smallest absolute Gasteiger partial charge is 0.242 e. The molecule has 0 radical (unpaired) electrons. The van der Waals surface area contributed by atoms with Crippen LogP contribution in [0.3, 0.4) is 0 Å². The highest BCUT2D eigenvalue weighted by molar-refractivity contribution is 7.89. The SMILES string of the molecule is CC(C)NC(=O)C(C)N(Cc1ccc(Cl)c(Cl)c1)C(=O)CCCN(C)S(=O)(=O)c1ccccc1. The summed E-state index contributed by atoms with van der Waals surface area (Å²) in [5.74, 6) is -0.532. The first-order valence-corrected chi connectivity index (χ1v) is 13.2. The van der Waals surface area contributed by atoms with Gasteiger partial charge in [-0.1, -0.05) is 47.5 Å². The third kappa shape index (κ3) is 7.70. The Bertz CT molecular complexity index is 1090. The zero-order chi connectivity index (χ0) is 25.5. The number of carbonyl (C=O) groups excluding carboxylic acids is 2. The van der Waals surface area contributed by atoms with Crippen molar-refractivity contribution < 1.29 is 18.0 Å². The molecule has 0 aliphatic rings. The van der Waals surface area contributed by atoms with Gasteiger partial charge in [0.2, 0.25) is 21.8 Å². The molecule has 0 aliphatic carbocycles. The van der Waals surface area contributed by atoms with Crippen LogP contribution < -0.4 is 5.32 Å². The van der Waals surface area contributed by atoms with Crippen molar-refractivity contribution in [2.75, 3.05) is 13.6 Å². The van der Waals surface area contributed by atoms with Gasteiger partial charge >= 0.3 is 0 Å². The molecule has 0 spiro atoms. The van der Waals surface area contributed by atoms with Crippen molar-refractivity contribution in [2.24, 2.45) is 0 Å². The van der Waals surface area contributed by atoms with Gasteiger partial charge < -0.3 is 10.2 Å². The zero-order valence-electron chi connectivity index (χ0n) is 19.8. The molecule has 0 aliphatic heterocycles. The van der Waals surface area contributed by atoms with Crippen LogP contribution in [-0.4, -0.2) is 55.1 Å². The van der Waals surface area contributed by atoms with Gasteiger partial charge in [-0.05, 0) is 57.0 Å². The molecular formula is C24H31Cl2N3O4S.